The van der Waals surface area contributed by atoms with Crippen LogP contribution in [0.3, 0.4) is 0 Å². The number of hydrogen-bond donors (Lipinski definition) is 0. The van der Waals surface area contributed by atoms with Crippen molar-refractivity contribution >= 4 is 63.6 Å². The molecule has 0 radical (unpaired) electrons. The molecule has 2 aromatic rings. The summed E-state index contributed by atoms with van der Waals surface area (Å²) in [6.07, 6.45) is 0. The molecule has 0 atom stereocenters. The summed E-state index contributed by atoms with van der Waals surface area (Å²) in [5.74, 6) is -1.12. The van der Waals surface area contributed by atoms with Gasteiger partial charge in [-0.15, -0.1) is 0 Å². The van der Waals surface area contributed by atoms with Crippen LogP contribution in [0.15, 0.2) is 36.4 Å². The second-order valence-corrected chi connectivity index (χ2v) is 6.89. The molecule has 0 saturated heterocycles. The third kappa shape index (κ3) is 3.69. The molecular formula is C14H6Cl4N2O5. The Balaban J connectivity index is 2.70. The average Bonchev–Trinajstić information content (AvgIpc) is 2.52. The van der Waals surface area contributed by atoms with Crippen LogP contribution in [0.1, 0.15) is 15.9 Å². The second-order valence-electron chi connectivity index (χ2n) is 4.72. The number of carbonyl (C=O) groups is 1. The van der Waals surface area contributed by atoms with Crippen molar-refractivity contribution in [1.29, 1.82) is 0 Å². The number of alkyl halides is 2. The first-order chi connectivity index (χ1) is 11.6. The zero-order chi connectivity index (χ0) is 18.9. The predicted molar refractivity (Wildman–Crippen MR) is 93.9 cm³/mol. The molecule has 0 unspecified atom stereocenters. The standard InChI is InChI=1S/C14H6Cl4N2O5/c15-7-5-9(12(20(24)25)10(16)6-7)14(17,18)13(21)8-3-1-2-4-11(8)19(22)23/h1-6H. The van der Waals surface area contributed by atoms with Crippen molar-refractivity contribution < 1.29 is 14.6 Å². The molecule has 0 heterocycles. The van der Waals surface area contributed by atoms with Crippen molar-refractivity contribution in [2.24, 2.45) is 0 Å². The molecule has 130 valence electrons. The minimum absolute atomic E-state index is 0.0494. The molecule has 0 aliphatic carbocycles. The van der Waals surface area contributed by atoms with Gasteiger partial charge in [0.15, 0.2) is 0 Å². The van der Waals surface area contributed by atoms with Crippen molar-refractivity contribution in [3.8, 4) is 0 Å². The average molecular weight is 424 g/mol. The molecule has 0 saturated carbocycles. The van der Waals surface area contributed by atoms with E-state index in [1.54, 1.807) is 0 Å². The number of rotatable bonds is 5. The summed E-state index contributed by atoms with van der Waals surface area (Å²) in [5, 5.41) is 21.9. The Morgan fingerprint density at radius 1 is 1.00 bits per heavy atom. The number of nitro groups is 2. The lowest BCUT2D eigenvalue weighted by atomic mass is 9.99. The van der Waals surface area contributed by atoms with Gasteiger partial charge in [0.25, 0.3) is 11.4 Å². The third-order valence-corrected chi connectivity index (χ3v) is 4.44. The lowest BCUT2D eigenvalue weighted by molar-refractivity contribution is -0.385. The van der Waals surface area contributed by atoms with E-state index in [9.17, 15) is 25.0 Å². The van der Waals surface area contributed by atoms with E-state index in [1.165, 1.54) is 12.1 Å². The van der Waals surface area contributed by atoms with Crippen molar-refractivity contribution in [2.75, 3.05) is 0 Å². The van der Waals surface area contributed by atoms with Crippen LogP contribution in [0, 0.1) is 20.2 Å². The first-order valence-corrected chi connectivity index (χ1v) is 7.88. The first-order valence-electron chi connectivity index (χ1n) is 6.37. The highest BCUT2D eigenvalue weighted by Gasteiger charge is 2.45. The SMILES string of the molecule is O=C(c1ccccc1[N+](=O)[O-])C(Cl)(Cl)c1cc(Cl)cc(Cl)c1[N+](=O)[O-]. The van der Waals surface area contributed by atoms with Crippen LogP contribution in [0.25, 0.3) is 0 Å². The number of Topliss-reactive ketones (excluding diaryl/α,β-unsaturated/α-hetero) is 1. The molecule has 0 amide bonds. The number of hydrogen-bond acceptors (Lipinski definition) is 5. The van der Waals surface area contributed by atoms with E-state index in [1.807, 2.05) is 0 Å². The zero-order valence-electron chi connectivity index (χ0n) is 11.9. The summed E-state index contributed by atoms with van der Waals surface area (Å²) in [5.41, 5.74) is -2.17. The zero-order valence-corrected chi connectivity index (χ0v) is 14.9. The maximum Gasteiger partial charge on any atom is 0.294 e. The van der Waals surface area contributed by atoms with Crippen LogP contribution in [0.4, 0.5) is 11.4 Å². The van der Waals surface area contributed by atoms with Gasteiger partial charge < -0.3 is 0 Å². The molecule has 0 N–H and O–H groups in total. The van der Waals surface area contributed by atoms with Crippen molar-refractivity contribution in [1.82, 2.24) is 0 Å². The molecule has 25 heavy (non-hydrogen) atoms. The Bertz CT molecular complexity index is 901. The van der Waals surface area contributed by atoms with E-state index in [0.29, 0.717) is 0 Å². The van der Waals surface area contributed by atoms with Crippen LogP contribution >= 0.6 is 46.4 Å². The Labute approximate surface area is 160 Å². The van der Waals surface area contributed by atoms with E-state index < -0.39 is 42.5 Å². The number of ketones is 1. The highest BCUT2D eigenvalue weighted by atomic mass is 35.5. The highest BCUT2D eigenvalue weighted by molar-refractivity contribution is 6.60. The topological polar surface area (TPSA) is 103 Å². The molecule has 0 fully saturated rings. The Kier molecular flexibility index (Phi) is 5.53. The number of carbonyl (C=O) groups excluding carboxylic acids is 1. The van der Waals surface area contributed by atoms with Gasteiger partial charge in [0.2, 0.25) is 10.1 Å². The quantitative estimate of drug-likeness (QED) is 0.280. The third-order valence-electron chi connectivity index (χ3n) is 3.18. The van der Waals surface area contributed by atoms with Crippen molar-refractivity contribution in [2.45, 2.75) is 4.33 Å². The van der Waals surface area contributed by atoms with Gasteiger partial charge >= 0.3 is 0 Å². The van der Waals surface area contributed by atoms with E-state index in [4.69, 9.17) is 46.4 Å². The molecule has 0 aromatic heterocycles. The fourth-order valence-electron chi connectivity index (χ4n) is 2.11. The largest absolute Gasteiger partial charge is 0.294 e. The molecule has 0 aliphatic rings. The smallest absolute Gasteiger partial charge is 0.290 e. The molecule has 0 spiro atoms. The molecule has 7 nitrogen and oxygen atoms in total. The highest BCUT2D eigenvalue weighted by Crippen LogP contribution is 2.46. The molecular weight excluding hydrogens is 418 g/mol. The van der Waals surface area contributed by atoms with Gasteiger partial charge in [-0.25, -0.2) is 0 Å². The molecule has 0 aliphatic heterocycles. The Morgan fingerprint density at radius 3 is 2.16 bits per heavy atom. The van der Waals surface area contributed by atoms with E-state index >= 15 is 0 Å². The van der Waals surface area contributed by atoms with Crippen molar-refractivity contribution in [3.05, 3.63) is 77.8 Å². The van der Waals surface area contributed by atoms with Gasteiger partial charge in [-0.05, 0) is 18.2 Å². The van der Waals surface area contributed by atoms with Gasteiger partial charge in [0.1, 0.15) is 5.02 Å². The van der Waals surface area contributed by atoms with Crippen LogP contribution < -0.4 is 0 Å². The van der Waals surface area contributed by atoms with Crippen LogP contribution in [0.2, 0.25) is 10.0 Å². The number of para-hydroxylation sites is 1. The van der Waals surface area contributed by atoms with Gasteiger partial charge in [-0.1, -0.05) is 58.5 Å². The van der Waals surface area contributed by atoms with Crippen LogP contribution in [0.5, 0.6) is 0 Å². The summed E-state index contributed by atoms with van der Waals surface area (Å²) < 4.78 is -2.52. The predicted octanol–water partition coefficient (Wildman–Crippen LogP) is 5.32. The normalized spacial score (nSPS) is 11.2. The summed E-state index contributed by atoms with van der Waals surface area (Å²) in [6, 6.07) is 7.03. The first kappa shape index (κ1) is 19.4. The molecule has 11 heteroatoms. The Morgan fingerprint density at radius 2 is 1.60 bits per heavy atom. The fourth-order valence-corrected chi connectivity index (χ4v) is 3.16. The van der Waals surface area contributed by atoms with Gasteiger partial charge in [0, 0.05) is 11.1 Å². The van der Waals surface area contributed by atoms with E-state index in [2.05, 4.69) is 0 Å². The fraction of sp³-hybridized carbons (Fsp3) is 0.0714. The maximum absolute atomic E-state index is 12.7. The molecule has 2 aromatic carbocycles. The maximum atomic E-state index is 12.7. The summed E-state index contributed by atoms with van der Waals surface area (Å²) in [4.78, 5) is 33.4. The Hall–Kier alpha value is -1.93. The van der Waals surface area contributed by atoms with E-state index in [0.717, 1.165) is 24.3 Å². The van der Waals surface area contributed by atoms with Crippen molar-refractivity contribution in [3.63, 3.8) is 0 Å². The summed E-state index contributed by atoms with van der Waals surface area (Å²) >= 11 is 23.8. The van der Waals surface area contributed by atoms with Crippen LogP contribution in [-0.2, 0) is 4.33 Å². The number of nitrogens with zero attached hydrogens (tertiary/aromatic N) is 2. The second kappa shape index (κ2) is 7.13. The molecule has 0 bridgehead atoms. The van der Waals surface area contributed by atoms with Gasteiger partial charge in [0.05, 0.1) is 21.0 Å². The minimum atomic E-state index is -2.52. The monoisotopic (exact) mass is 422 g/mol. The minimum Gasteiger partial charge on any atom is -0.290 e. The van der Waals surface area contributed by atoms with Gasteiger partial charge in [-0.2, -0.15) is 0 Å². The lowest BCUT2D eigenvalue weighted by Gasteiger charge is -2.19. The van der Waals surface area contributed by atoms with Crippen LogP contribution in [-0.4, -0.2) is 15.6 Å². The number of benzene rings is 2. The summed E-state index contributed by atoms with van der Waals surface area (Å²) in [7, 11) is 0. The van der Waals surface area contributed by atoms with E-state index in [-0.39, 0.29) is 10.0 Å². The van der Waals surface area contributed by atoms with Gasteiger partial charge in [-0.3, -0.25) is 25.0 Å². The lowest BCUT2D eigenvalue weighted by Crippen LogP contribution is -2.25. The number of halogens is 4. The summed E-state index contributed by atoms with van der Waals surface area (Å²) in [6.45, 7) is 0. The number of nitro benzene ring substituents is 2. The molecule has 2 rings (SSSR count).